The molecule has 1 aromatic carbocycles. The summed E-state index contributed by atoms with van der Waals surface area (Å²) in [5.41, 5.74) is 2.38. The van der Waals surface area contributed by atoms with Crippen molar-refractivity contribution in [3.63, 3.8) is 0 Å². The van der Waals surface area contributed by atoms with E-state index in [1.807, 2.05) is 13.8 Å². The van der Waals surface area contributed by atoms with Crippen molar-refractivity contribution in [1.29, 1.82) is 0 Å². The highest BCUT2D eigenvalue weighted by molar-refractivity contribution is 7.89. The van der Waals surface area contributed by atoms with Crippen molar-refractivity contribution in [2.24, 2.45) is 5.14 Å². The Labute approximate surface area is 126 Å². The van der Waals surface area contributed by atoms with Crippen LogP contribution < -0.4 is 10.5 Å². The van der Waals surface area contributed by atoms with Gasteiger partial charge in [0, 0.05) is 23.9 Å². The van der Waals surface area contributed by atoms with E-state index in [4.69, 9.17) is 5.14 Å². The van der Waals surface area contributed by atoms with E-state index in [1.54, 1.807) is 0 Å². The fraction of sp³-hybridized carbons (Fsp3) is 0.250. The molecule has 0 amide bonds. The molecule has 22 heavy (non-hydrogen) atoms. The van der Waals surface area contributed by atoms with Crippen LogP contribution in [0.4, 0.5) is 11.4 Å². The normalized spacial score (nSPS) is 11.4. The molecule has 2 rings (SSSR count). The van der Waals surface area contributed by atoms with Gasteiger partial charge in [0.05, 0.1) is 15.5 Å². The first kappa shape index (κ1) is 15.9. The molecule has 0 atom stereocenters. The number of rotatable bonds is 5. The Morgan fingerprint density at radius 3 is 2.59 bits per heavy atom. The summed E-state index contributed by atoms with van der Waals surface area (Å²) in [6.45, 7) is 3.98. The topological polar surface area (TPSA) is 144 Å². The Hall–Kier alpha value is -2.46. The molecule has 0 unspecified atom stereocenters. The highest BCUT2D eigenvalue weighted by Gasteiger charge is 2.19. The van der Waals surface area contributed by atoms with Crippen LogP contribution in [0.25, 0.3) is 0 Å². The van der Waals surface area contributed by atoms with E-state index in [2.05, 4.69) is 15.5 Å². The smallest absolute Gasteiger partial charge is 0.293 e. The summed E-state index contributed by atoms with van der Waals surface area (Å²) in [4.78, 5) is 10.1. The zero-order chi connectivity index (χ0) is 16.5. The number of aromatic amines is 1. The number of sulfonamides is 1. The van der Waals surface area contributed by atoms with Gasteiger partial charge in [0.2, 0.25) is 10.0 Å². The molecule has 118 valence electrons. The monoisotopic (exact) mass is 325 g/mol. The van der Waals surface area contributed by atoms with Crippen LogP contribution in [0.5, 0.6) is 0 Å². The predicted molar refractivity (Wildman–Crippen MR) is 79.9 cm³/mol. The summed E-state index contributed by atoms with van der Waals surface area (Å²) in [5, 5.41) is 25.9. The Balaban J connectivity index is 2.33. The Bertz CT molecular complexity index is 809. The minimum absolute atomic E-state index is 0.206. The molecule has 1 aromatic heterocycles. The molecule has 0 aliphatic carbocycles. The molecule has 0 saturated carbocycles. The summed E-state index contributed by atoms with van der Waals surface area (Å²) in [5.74, 6) is 0. The number of nitrogens with zero attached hydrogens (tertiary/aromatic N) is 2. The Kier molecular flexibility index (Phi) is 4.15. The molecule has 10 heteroatoms. The van der Waals surface area contributed by atoms with Crippen LogP contribution >= 0.6 is 0 Å². The zero-order valence-electron chi connectivity index (χ0n) is 12.0. The van der Waals surface area contributed by atoms with Gasteiger partial charge in [-0.05, 0) is 26.0 Å². The summed E-state index contributed by atoms with van der Waals surface area (Å²) in [6, 6.07) is 3.48. The van der Waals surface area contributed by atoms with E-state index < -0.39 is 14.9 Å². The number of aryl methyl sites for hydroxylation is 2. The second-order valence-electron chi connectivity index (χ2n) is 4.75. The molecule has 2 aromatic rings. The van der Waals surface area contributed by atoms with Crippen LogP contribution in [-0.2, 0) is 16.6 Å². The highest BCUT2D eigenvalue weighted by Crippen LogP contribution is 2.28. The summed E-state index contributed by atoms with van der Waals surface area (Å²) in [7, 11) is -3.99. The fourth-order valence-electron chi connectivity index (χ4n) is 2.01. The molecular formula is C12H15N5O4S. The number of primary sulfonamides is 1. The molecule has 0 aliphatic rings. The molecule has 0 aliphatic heterocycles. The van der Waals surface area contributed by atoms with Crippen molar-refractivity contribution in [2.45, 2.75) is 25.3 Å². The number of nitro benzene ring substituents is 1. The number of benzene rings is 1. The molecule has 0 spiro atoms. The van der Waals surface area contributed by atoms with Crippen LogP contribution in [-0.4, -0.2) is 23.5 Å². The van der Waals surface area contributed by atoms with Gasteiger partial charge in [0.25, 0.3) is 5.69 Å². The summed E-state index contributed by atoms with van der Waals surface area (Å²) < 4.78 is 22.6. The maximum atomic E-state index is 11.3. The predicted octanol–water partition coefficient (Wildman–Crippen LogP) is 1.19. The number of aromatic nitrogens is 2. The van der Waals surface area contributed by atoms with Gasteiger partial charge in [-0.2, -0.15) is 5.10 Å². The third-order valence-corrected chi connectivity index (χ3v) is 4.14. The van der Waals surface area contributed by atoms with Gasteiger partial charge < -0.3 is 5.32 Å². The Morgan fingerprint density at radius 1 is 1.41 bits per heavy atom. The number of H-pyrrole nitrogens is 1. The van der Waals surface area contributed by atoms with Crippen molar-refractivity contribution in [3.8, 4) is 0 Å². The molecule has 0 saturated heterocycles. The minimum atomic E-state index is -3.99. The first-order valence-corrected chi connectivity index (χ1v) is 7.80. The third kappa shape index (κ3) is 3.23. The largest absolute Gasteiger partial charge is 0.375 e. The fourth-order valence-corrected chi connectivity index (χ4v) is 2.54. The number of nitro groups is 1. The van der Waals surface area contributed by atoms with Crippen LogP contribution in [0, 0.1) is 24.0 Å². The lowest BCUT2D eigenvalue weighted by Gasteiger charge is -2.08. The molecule has 4 N–H and O–H groups in total. The van der Waals surface area contributed by atoms with Crippen LogP contribution in [0.1, 0.15) is 17.0 Å². The Morgan fingerprint density at radius 2 is 2.09 bits per heavy atom. The SMILES string of the molecule is Cc1n[nH]c(C)c1CNc1ccc(S(N)(=O)=O)cc1[N+](=O)[O-]. The van der Waals surface area contributed by atoms with E-state index in [1.165, 1.54) is 12.1 Å². The van der Waals surface area contributed by atoms with E-state index in [-0.39, 0.29) is 16.3 Å². The average molecular weight is 325 g/mol. The van der Waals surface area contributed by atoms with Gasteiger partial charge in [-0.1, -0.05) is 0 Å². The lowest BCUT2D eigenvalue weighted by atomic mass is 10.2. The average Bonchev–Trinajstić information content (AvgIpc) is 2.74. The van der Waals surface area contributed by atoms with Gasteiger partial charge in [-0.25, -0.2) is 13.6 Å². The first-order valence-electron chi connectivity index (χ1n) is 6.25. The van der Waals surface area contributed by atoms with Crippen LogP contribution in [0.15, 0.2) is 23.1 Å². The van der Waals surface area contributed by atoms with E-state index in [9.17, 15) is 18.5 Å². The standard InChI is InChI=1S/C12H15N5O4S/c1-7-10(8(2)16-15-7)6-14-11-4-3-9(22(13,20)21)5-12(11)17(18)19/h3-5,14H,6H2,1-2H3,(H,15,16)(H2,13,20,21). The molecular weight excluding hydrogens is 310 g/mol. The number of hydrogen-bond donors (Lipinski definition) is 3. The maximum Gasteiger partial charge on any atom is 0.293 e. The van der Waals surface area contributed by atoms with Crippen LogP contribution in [0.3, 0.4) is 0 Å². The van der Waals surface area contributed by atoms with Crippen molar-refractivity contribution in [1.82, 2.24) is 10.2 Å². The van der Waals surface area contributed by atoms with Crippen molar-refractivity contribution >= 4 is 21.4 Å². The molecule has 0 radical (unpaired) electrons. The second kappa shape index (κ2) is 5.73. The van der Waals surface area contributed by atoms with Crippen molar-refractivity contribution < 1.29 is 13.3 Å². The van der Waals surface area contributed by atoms with Crippen molar-refractivity contribution in [3.05, 3.63) is 45.3 Å². The minimum Gasteiger partial charge on any atom is -0.375 e. The van der Waals surface area contributed by atoms with Gasteiger partial charge in [0.15, 0.2) is 0 Å². The quantitative estimate of drug-likeness (QED) is 0.556. The van der Waals surface area contributed by atoms with Gasteiger partial charge in [-0.3, -0.25) is 15.2 Å². The van der Waals surface area contributed by atoms with Gasteiger partial charge in [0.1, 0.15) is 5.69 Å². The zero-order valence-corrected chi connectivity index (χ0v) is 12.8. The first-order chi connectivity index (χ1) is 10.2. The third-order valence-electron chi connectivity index (χ3n) is 3.23. The lowest BCUT2D eigenvalue weighted by Crippen LogP contribution is -2.13. The van der Waals surface area contributed by atoms with Gasteiger partial charge >= 0.3 is 0 Å². The van der Waals surface area contributed by atoms with E-state index >= 15 is 0 Å². The number of nitrogens with one attached hydrogen (secondary N) is 2. The molecule has 1 heterocycles. The maximum absolute atomic E-state index is 11.3. The van der Waals surface area contributed by atoms with Gasteiger partial charge in [-0.15, -0.1) is 0 Å². The van der Waals surface area contributed by atoms with Crippen LogP contribution in [0.2, 0.25) is 0 Å². The molecule has 0 fully saturated rings. The molecule has 0 bridgehead atoms. The lowest BCUT2D eigenvalue weighted by molar-refractivity contribution is -0.384. The molecule has 9 nitrogen and oxygen atoms in total. The summed E-state index contributed by atoms with van der Waals surface area (Å²) in [6.07, 6.45) is 0. The van der Waals surface area contributed by atoms with E-state index in [0.717, 1.165) is 23.0 Å². The second-order valence-corrected chi connectivity index (χ2v) is 6.31. The van der Waals surface area contributed by atoms with Crippen molar-refractivity contribution in [2.75, 3.05) is 5.32 Å². The number of hydrogen-bond acceptors (Lipinski definition) is 6. The highest BCUT2D eigenvalue weighted by atomic mass is 32.2. The summed E-state index contributed by atoms with van der Waals surface area (Å²) >= 11 is 0. The van der Waals surface area contributed by atoms with E-state index in [0.29, 0.717) is 6.54 Å². The number of nitrogens with two attached hydrogens (primary N) is 1. The number of anilines is 1.